The Morgan fingerprint density at radius 3 is 2.45 bits per heavy atom. The Bertz CT molecular complexity index is 468. The number of hydrogen-bond donors (Lipinski definition) is 1. The maximum atomic E-state index is 11.8. The highest BCUT2D eigenvalue weighted by Crippen LogP contribution is 2.15. The standard InChI is InChI=1S/C16H21NO3/c1-4-14(11-10-13-8-6-5-7-9-13)15(16(19)20-3)17-12(2)18/h5-11,14-15H,4H2,1-3H3,(H,17,18)/b11-10+/t14-,15+/m1/s1. The molecule has 20 heavy (non-hydrogen) atoms. The summed E-state index contributed by atoms with van der Waals surface area (Å²) in [6, 6.07) is 9.16. The molecule has 0 saturated carbocycles. The molecule has 1 N–H and O–H groups in total. The molecule has 1 aromatic carbocycles. The summed E-state index contributed by atoms with van der Waals surface area (Å²) in [5, 5.41) is 2.65. The Kier molecular flexibility index (Phi) is 6.50. The summed E-state index contributed by atoms with van der Waals surface area (Å²) in [6.45, 7) is 3.36. The van der Waals surface area contributed by atoms with Crippen molar-refractivity contribution >= 4 is 18.0 Å². The Balaban J connectivity index is 2.87. The lowest BCUT2D eigenvalue weighted by molar-refractivity contribution is -0.146. The lowest BCUT2D eigenvalue weighted by Gasteiger charge is -2.22. The third-order valence-corrected chi connectivity index (χ3v) is 3.05. The van der Waals surface area contributed by atoms with Crippen LogP contribution in [0.2, 0.25) is 0 Å². The maximum absolute atomic E-state index is 11.8. The van der Waals surface area contributed by atoms with Crippen molar-refractivity contribution in [1.82, 2.24) is 5.32 Å². The molecule has 0 fully saturated rings. The first-order valence-corrected chi connectivity index (χ1v) is 6.66. The van der Waals surface area contributed by atoms with Gasteiger partial charge in [-0.25, -0.2) is 4.79 Å². The van der Waals surface area contributed by atoms with Crippen LogP contribution in [0.5, 0.6) is 0 Å². The second-order valence-corrected chi connectivity index (χ2v) is 4.54. The van der Waals surface area contributed by atoms with E-state index in [0.29, 0.717) is 0 Å². The SMILES string of the molecule is CC[C@H](/C=C/c1ccccc1)[C@H](NC(C)=O)C(=O)OC. The first-order valence-electron chi connectivity index (χ1n) is 6.66. The number of carbonyl (C=O) groups is 2. The molecule has 4 nitrogen and oxygen atoms in total. The number of nitrogens with one attached hydrogen (secondary N) is 1. The summed E-state index contributed by atoms with van der Waals surface area (Å²) < 4.78 is 4.76. The fraction of sp³-hybridized carbons (Fsp3) is 0.375. The van der Waals surface area contributed by atoms with Crippen LogP contribution in [0.1, 0.15) is 25.8 Å². The van der Waals surface area contributed by atoms with Gasteiger partial charge in [0.2, 0.25) is 5.91 Å². The Hall–Kier alpha value is -2.10. The van der Waals surface area contributed by atoms with Crippen molar-refractivity contribution in [3.05, 3.63) is 42.0 Å². The molecule has 0 bridgehead atoms. The molecule has 108 valence electrons. The minimum Gasteiger partial charge on any atom is -0.467 e. The molecule has 0 unspecified atom stereocenters. The van der Waals surface area contributed by atoms with Crippen molar-refractivity contribution in [2.75, 3.05) is 7.11 Å². The molecule has 0 radical (unpaired) electrons. The average molecular weight is 275 g/mol. The van der Waals surface area contributed by atoms with E-state index in [2.05, 4.69) is 5.32 Å². The molecular formula is C16H21NO3. The van der Waals surface area contributed by atoms with Gasteiger partial charge < -0.3 is 10.1 Å². The van der Waals surface area contributed by atoms with Crippen LogP contribution < -0.4 is 5.32 Å². The molecule has 0 spiro atoms. The molecule has 2 atom stereocenters. The summed E-state index contributed by atoms with van der Waals surface area (Å²) in [5.41, 5.74) is 1.05. The van der Waals surface area contributed by atoms with Gasteiger partial charge in [0.15, 0.2) is 0 Å². The summed E-state index contributed by atoms with van der Waals surface area (Å²) in [5.74, 6) is -0.775. The largest absolute Gasteiger partial charge is 0.467 e. The fourth-order valence-corrected chi connectivity index (χ4v) is 1.97. The Morgan fingerprint density at radius 2 is 1.95 bits per heavy atom. The predicted octanol–water partition coefficient (Wildman–Crippen LogP) is 2.40. The van der Waals surface area contributed by atoms with Crippen molar-refractivity contribution in [2.45, 2.75) is 26.3 Å². The number of hydrogen-bond acceptors (Lipinski definition) is 3. The van der Waals surface area contributed by atoms with E-state index in [1.54, 1.807) is 0 Å². The van der Waals surface area contributed by atoms with Crippen molar-refractivity contribution in [1.29, 1.82) is 0 Å². The molecule has 1 aromatic rings. The quantitative estimate of drug-likeness (QED) is 0.811. The van der Waals surface area contributed by atoms with Gasteiger partial charge in [0, 0.05) is 12.8 Å². The van der Waals surface area contributed by atoms with Crippen LogP contribution in [0.4, 0.5) is 0 Å². The van der Waals surface area contributed by atoms with E-state index >= 15 is 0 Å². The fourth-order valence-electron chi connectivity index (χ4n) is 1.97. The number of methoxy groups -OCH3 is 1. The lowest BCUT2D eigenvalue weighted by atomic mass is 9.95. The normalized spacial score (nSPS) is 13.8. The van der Waals surface area contributed by atoms with Crippen LogP contribution in [0.25, 0.3) is 6.08 Å². The van der Waals surface area contributed by atoms with Crippen LogP contribution >= 0.6 is 0 Å². The third kappa shape index (κ3) is 4.88. The number of carbonyl (C=O) groups excluding carboxylic acids is 2. The zero-order chi connectivity index (χ0) is 15.0. The van der Waals surface area contributed by atoms with Gasteiger partial charge in [-0.05, 0) is 12.0 Å². The van der Waals surface area contributed by atoms with E-state index in [4.69, 9.17) is 4.74 Å². The van der Waals surface area contributed by atoms with Crippen molar-refractivity contribution < 1.29 is 14.3 Å². The molecule has 1 amide bonds. The highest BCUT2D eigenvalue weighted by Gasteiger charge is 2.26. The second kappa shape index (κ2) is 8.15. The predicted molar refractivity (Wildman–Crippen MR) is 78.9 cm³/mol. The molecule has 0 aliphatic heterocycles. The minimum atomic E-state index is -0.650. The molecular weight excluding hydrogens is 254 g/mol. The summed E-state index contributed by atoms with van der Waals surface area (Å²) in [7, 11) is 1.32. The lowest BCUT2D eigenvalue weighted by Crippen LogP contribution is -2.45. The van der Waals surface area contributed by atoms with Gasteiger partial charge in [-0.2, -0.15) is 0 Å². The molecule has 4 heteroatoms. The van der Waals surface area contributed by atoms with Crippen LogP contribution in [0.15, 0.2) is 36.4 Å². The van der Waals surface area contributed by atoms with Gasteiger partial charge in [0.25, 0.3) is 0 Å². The third-order valence-electron chi connectivity index (χ3n) is 3.05. The number of rotatable bonds is 6. The van der Waals surface area contributed by atoms with E-state index in [9.17, 15) is 9.59 Å². The summed E-state index contributed by atoms with van der Waals surface area (Å²) in [4.78, 5) is 23.0. The molecule has 0 saturated heterocycles. The Morgan fingerprint density at radius 1 is 1.30 bits per heavy atom. The highest BCUT2D eigenvalue weighted by molar-refractivity contribution is 5.83. The van der Waals surface area contributed by atoms with Crippen molar-refractivity contribution in [2.24, 2.45) is 5.92 Å². The van der Waals surface area contributed by atoms with Gasteiger partial charge >= 0.3 is 5.97 Å². The number of amides is 1. The monoisotopic (exact) mass is 275 g/mol. The number of esters is 1. The minimum absolute atomic E-state index is 0.105. The molecule has 0 heterocycles. The molecule has 0 aliphatic rings. The molecule has 0 aliphatic carbocycles. The number of benzene rings is 1. The van der Waals surface area contributed by atoms with Crippen LogP contribution in [-0.4, -0.2) is 25.0 Å². The number of ether oxygens (including phenoxy) is 1. The zero-order valence-electron chi connectivity index (χ0n) is 12.1. The Labute approximate surface area is 119 Å². The van der Waals surface area contributed by atoms with Gasteiger partial charge in [-0.1, -0.05) is 49.4 Å². The summed E-state index contributed by atoms with van der Waals surface area (Å²) in [6.07, 6.45) is 4.61. The van der Waals surface area contributed by atoms with Gasteiger partial charge in [0.05, 0.1) is 7.11 Å². The van der Waals surface area contributed by atoms with E-state index < -0.39 is 12.0 Å². The molecule has 0 aromatic heterocycles. The van der Waals surface area contributed by atoms with E-state index in [-0.39, 0.29) is 11.8 Å². The second-order valence-electron chi connectivity index (χ2n) is 4.54. The maximum Gasteiger partial charge on any atom is 0.328 e. The van der Waals surface area contributed by atoms with E-state index in [0.717, 1.165) is 12.0 Å². The van der Waals surface area contributed by atoms with Crippen LogP contribution in [0.3, 0.4) is 0 Å². The topological polar surface area (TPSA) is 55.4 Å². The summed E-state index contributed by atoms with van der Waals surface area (Å²) >= 11 is 0. The first kappa shape index (κ1) is 16.0. The zero-order valence-corrected chi connectivity index (χ0v) is 12.1. The highest BCUT2D eigenvalue weighted by atomic mass is 16.5. The van der Waals surface area contributed by atoms with Gasteiger partial charge in [-0.15, -0.1) is 0 Å². The van der Waals surface area contributed by atoms with E-state index in [1.165, 1.54) is 14.0 Å². The van der Waals surface area contributed by atoms with Crippen molar-refractivity contribution in [3.8, 4) is 0 Å². The van der Waals surface area contributed by atoms with Crippen LogP contribution in [0, 0.1) is 5.92 Å². The van der Waals surface area contributed by atoms with Crippen LogP contribution in [-0.2, 0) is 14.3 Å². The molecule has 1 rings (SSSR count). The van der Waals surface area contributed by atoms with Gasteiger partial charge in [0.1, 0.15) is 6.04 Å². The van der Waals surface area contributed by atoms with E-state index in [1.807, 2.05) is 49.4 Å². The smallest absolute Gasteiger partial charge is 0.328 e. The van der Waals surface area contributed by atoms with Gasteiger partial charge in [-0.3, -0.25) is 4.79 Å². The first-order chi connectivity index (χ1) is 9.58. The average Bonchev–Trinajstić information content (AvgIpc) is 2.46. The van der Waals surface area contributed by atoms with Crippen molar-refractivity contribution in [3.63, 3.8) is 0 Å².